The molecular weight excluding hydrogens is 408 g/mol. The van der Waals surface area contributed by atoms with Crippen molar-refractivity contribution in [3.63, 3.8) is 0 Å². The number of aryl methyl sites for hydroxylation is 2. The molecule has 0 aliphatic rings. The fraction of sp³-hybridized carbons (Fsp3) is 0.0952. The first-order valence-electron chi connectivity index (χ1n) is 8.83. The van der Waals surface area contributed by atoms with Crippen molar-refractivity contribution >= 4 is 27.4 Å². The van der Waals surface area contributed by atoms with Gasteiger partial charge in [-0.05, 0) is 61.4 Å². The Morgan fingerprint density at radius 1 is 1.00 bits per heavy atom. The summed E-state index contributed by atoms with van der Waals surface area (Å²) in [5.41, 5.74) is 2.56. The number of anilines is 1. The number of nitro groups is 1. The van der Waals surface area contributed by atoms with Gasteiger partial charge in [0.25, 0.3) is 11.6 Å². The number of carbonyl (C=O) groups excluding carboxylic acids is 1. The van der Waals surface area contributed by atoms with Gasteiger partial charge in [0, 0.05) is 23.4 Å². The van der Waals surface area contributed by atoms with E-state index in [1.807, 2.05) is 32.0 Å². The normalized spacial score (nSPS) is 11.0. The molecule has 154 valence electrons. The molecule has 1 N–H and O–H groups in total. The maximum atomic E-state index is 12.5. The van der Waals surface area contributed by atoms with E-state index in [9.17, 15) is 23.3 Å². The summed E-state index contributed by atoms with van der Waals surface area (Å²) in [7, 11) is -4.27. The third-order valence-corrected chi connectivity index (χ3v) is 5.52. The lowest BCUT2D eigenvalue weighted by Crippen LogP contribution is -2.13. The zero-order valence-electron chi connectivity index (χ0n) is 16.2. The van der Waals surface area contributed by atoms with Gasteiger partial charge in [0.2, 0.25) is 0 Å². The Balaban J connectivity index is 1.75. The number of hydrogen-bond donors (Lipinski definition) is 1. The summed E-state index contributed by atoms with van der Waals surface area (Å²) in [5, 5.41) is 13.7. The Morgan fingerprint density at radius 3 is 2.37 bits per heavy atom. The van der Waals surface area contributed by atoms with Gasteiger partial charge in [0.1, 0.15) is 10.6 Å². The SMILES string of the molecule is Cc1ccc(C)c(NC(=O)c2ccc(OS(=O)(=O)c3cccc([N+](=O)[O-])c3)cc2)c1. The molecule has 0 fully saturated rings. The standard InChI is InChI=1S/C21H18N2O6S/c1-14-6-7-15(2)20(12-14)22-21(24)16-8-10-18(11-9-16)29-30(27,28)19-5-3-4-17(13-19)23(25)26/h3-13H,1-2H3,(H,22,24). The predicted octanol–water partition coefficient (Wildman–Crippen LogP) is 4.23. The van der Waals surface area contributed by atoms with Gasteiger partial charge in [-0.25, -0.2) is 0 Å². The van der Waals surface area contributed by atoms with Gasteiger partial charge in [0.05, 0.1) is 4.92 Å². The first-order chi connectivity index (χ1) is 14.2. The van der Waals surface area contributed by atoms with Gasteiger partial charge in [-0.3, -0.25) is 14.9 Å². The maximum absolute atomic E-state index is 12.5. The molecule has 0 aliphatic heterocycles. The lowest BCUT2D eigenvalue weighted by molar-refractivity contribution is -0.385. The molecule has 1 amide bonds. The highest BCUT2D eigenvalue weighted by molar-refractivity contribution is 7.87. The van der Waals surface area contributed by atoms with Crippen LogP contribution in [0.5, 0.6) is 5.75 Å². The van der Waals surface area contributed by atoms with Gasteiger partial charge in [0.15, 0.2) is 0 Å². The smallest absolute Gasteiger partial charge is 0.339 e. The summed E-state index contributed by atoms with van der Waals surface area (Å²) < 4.78 is 29.8. The van der Waals surface area contributed by atoms with Crippen molar-refractivity contribution in [2.75, 3.05) is 5.32 Å². The number of carbonyl (C=O) groups is 1. The van der Waals surface area contributed by atoms with Crippen LogP contribution in [0.1, 0.15) is 21.5 Å². The molecule has 0 bridgehead atoms. The van der Waals surface area contributed by atoms with Crippen molar-refractivity contribution in [2.24, 2.45) is 0 Å². The first kappa shape index (κ1) is 21.0. The molecule has 3 aromatic carbocycles. The first-order valence-corrected chi connectivity index (χ1v) is 10.2. The van der Waals surface area contributed by atoms with Crippen molar-refractivity contribution in [3.8, 4) is 5.75 Å². The number of amides is 1. The number of non-ortho nitro benzene ring substituents is 1. The highest BCUT2D eigenvalue weighted by Crippen LogP contribution is 2.23. The minimum Gasteiger partial charge on any atom is -0.379 e. The van der Waals surface area contributed by atoms with E-state index in [0.717, 1.165) is 17.2 Å². The Morgan fingerprint density at radius 2 is 1.70 bits per heavy atom. The molecule has 30 heavy (non-hydrogen) atoms. The van der Waals surface area contributed by atoms with Crippen molar-refractivity contribution in [3.05, 3.63) is 93.5 Å². The van der Waals surface area contributed by atoms with Crippen molar-refractivity contribution in [2.45, 2.75) is 18.7 Å². The van der Waals surface area contributed by atoms with Gasteiger partial charge >= 0.3 is 10.1 Å². The quantitative estimate of drug-likeness (QED) is 0.358. The largest absolute Gasteiger partial charge is 0.379 e. The molecule has 3 aromatic rings. The van der Waals surface area contributed by atoms with Crippen LogP contribution in [0.4, 0.5) is 11.4 Å². The second-order valence-electron chi connectivity index (χ2n) is 6.59. The molecule has 9 heteroatoms. The van der Waals surface area contributed by atoms with Crippen molar-refractivity contribution in [1.29, 1.82) is 0 Å². The Bertz CT molecular complexity index is 1220. The number of hydrogen-bond acceptors (Lipinski definition) is 6. The summed E-state index contributed by atoms with van der Waals surface area (Å²) in [6.45, 7) is 3.80. The number of nitro benzene ring substituents is 1. The number of nitrogens with zero attached hydrogens (tertiary/aromatic N) is 1. The third kappa shape index (κ3) is 4.81. The summed E-state index contributed by atoms with van der Waals surface area (Å²) >= 11 is 0. The minimum absolute atomic E-state index is 0.0233. The van der Waals surface area contributed by atoms with Crippen LogP contribution in [0.3, 0.4) is 0 Å². The van der Waals surface area contributed by atoms with Gasteiger partial charge < -0.3 is 9.50 Å². The highest BCUT2D eigenvalue weighted by Gasteiger charge is 2.20. The van der Waals surface area contributed by atoms with Crippen LogP contribution in [-0.4, -0.2) is 19.2 Å². The molecule has 0 saturated heterocycles. The molecular formula is C21H18N2O6S. The predicted molar refractivity (Wildman–Crippen MR) is 111 cm³/mol. The minimum atomic E-state index is -4.27. The van der Waals surface area contributed by atoms with Crippen LogP contribution in [0.2, 0.25) is 0 Å². The van der Waals surface area contributed by atoms with E-state index in [4.69, 9.17) is 4.18 Å². The Labute approximate surface area is 173 Å². The van der Waals surface area contributed by atoms with Crippen molar-refractivity contribution in [1.82, 2.24) is 0 Å². The lowest BCUT2D eigenvalue weighted by Gasteiger charge is -2.10. The molecule has 0 aliphatic carbocycles. The topological polar surface area (TPSA) is 116 Å². The Kier molecular flexibility index (Phi) is 5.84. The van der Waals surface area contributed by atoms with E-state index in [2.05, 4.69) is 5.32 Å². The van der Waals surface area contributed by atoms with Crippen LogP contribution in [0.25, 0.3) is 0 Å². The van der Waals surface area contributed by atoms with E-state index in [1.165, 1.54) is 42.5 Å². The summed E-state index contributed by atoms with van der Waals surface area (Å²) in [4.78, 5) is 22.3. The van der Waals surface area contributed by atoms with Gasteiger partial charge in [-0.1, -0.05) is 18.2 Å². The molecule has 0 heterocycles. The number of benzene rings is 3. The van der Waals surface area contributed by atoms with Crippen LogP contribution < -0.4 is 9.50 Å². The lowest BCUT2D eigenvalue weighted by atomic mass is 10.1. The van der Waals surface area contributed by atoms with E-state index in [-0.39, 0.29) is 22.2 Å². The van der Waals surface area contributed by atoms with Crippen LogP contribution >= 0.6 is 0 Å². The molecule has 0 aromatic heterocycles. The Hall–Kier alpha value is -3.72. The zero-order valence-corrected chi connectivity index (χ0v) is 17.0. The second-order valence-corrected chi connectivity index (χ2v) is 8.14. The van der Waals surface area contributed by atoms with E-state index >= 15 is 0 Å². The molecule has 0 unspecified atom stereocenters. The second kappa shape index (κ2) is 8.34. The van der Waals surface area contributed by atoms with Crippen LogP contribution in [0.15, 0.2) is 71.6 Å². The van der Waals surface area contributed by atoms with Gasteiger partial charge in [-0.15, -0.1) is 0 Å². The molecule has 8 nitrogen and oxygen atoms in total. The fourth-order valence-electron chi connectivity index (χ4n) is 2.65. The maximum Gasteiger partial charge on any atom is 0.339 e. The highest BCUT2D eigenvalue weighted by atomic mass is 32.2. The molecule has 0 radical (unpaired) electrons. The van der Waals surface area contributed by atoms with E-state index in [0.29, 0.717) is 11.3 Å². The van der Waals surface area contributed by atoms with Crippen molar-refractivity contribution < 1.29 is 22.3 Å². The van der Waals surface area contributed by atoms with Gasteiger partial charge in [-0.2, -0.15) is 8.42 Å². The molecule has 3 rings (SSSR count). The zero-order chi connectivity index (χ0) is 21.9. The average Bonchev–Trinajstić information content (AvgIpc) is 2.71. The summed E-state index contributed by atoms with van der Waals surface area (Å²) in [6.07, 6.45) is 0. The third-order valence-electron chi connectivity index (χ3n) is 4.28. The summed E-state index contributed by atoms with van der Waals surface area (Å²) in [6, 6.07) is 15.8. The molecule has 0 atom stereocenters. The van der Waals surface area contributed by atoms with Crippen LogP contribution in [0, 0.1) is 24.0 Å². The molecule has 0 spiro atoms. The van der Waals surface area contributed by atoms with Crippen LogP contribution in [-0.2, 0) is 10.1 Å². The average molecular weight is 426 g/mol. The van der Waals surface area contributed by atoms with E-state index in [1.54, 1.807) is 0 Å². The van der Waals surface area contributed by atoms with E-state index < -0.39 is 15.0 Å². The summed E-state index contributed by atoms with van der Waals surface area (Å²) in [5.74, 6) is -0.374. The monoisotopic (exact) mass is 426 g/mol. The molecule has 0 saturated carbocycles. The fourth-order valence-corrected chi connectivity index (χ4v) is 3.63. The number of nitrogens with one attached hydrogen (secondary N) is 1. The number of rotatable bonds is 6.